The van der Waals surface area contributed by atoms with Gasteiger partial charge in [0, 0.05) is 18.8 Å². The van der Waals surface area contributed by atoms with Crippen molar-refractivity contribution in [2.45, 2.75) is 0 Å². The Kier molecular flexibility index (Phi) is 4.24. The first-order valence-corrected chi connectivity index (χ1v) is 7.95. The Labute approximate surface area is 116 Å². The van der Waals surface area contributed by atoms with Crippen LogP contribution in [0.3, 0.4) is 0 Å². The van der Waals surface area contributed by atoms with E-state index in [9.17, 15) is 17.6 Å². The van der Waals surface area contributed by atoms with Crippen molar-refractivity contribution < 1.29 is 17.6 Å². The van der Waals surface area contributed by atoms with Gasteiger partial charge in [-0.05, 0) is 18.2 Å². The summed E-state index contributed by atoms with van der Waals surface area (Å²) in [6.07, 6.45) is 0. The average Bonchev–Trinajstić information content (AvgIpc) is 2.36. The first kappa shape index (κ1) is 14.7. The van der Waals surface area contributed by atoms with E-state index in [1.54, 1.807) is 4.90 Å². The number of nitrogens with zero attached hydrogens (tertiary/aromatic N) is 1. The summed E-state index contributed by atoms with van der Waals surface area (Å²) in [5.74, 6) is -0.859. The lowest BCUT2D eigenvalue weighted by Gasteiger charge is -2.25. The summed E-state index contributed by atoms with van der Waals surface area (Å²) in [4.78, 5) is 13.5. The van der Waals surface area contributed by atoms with Crippen molar-refractivity contribution in [1.82, 2.24) is 4.90 Å². The number of nitrogens with two attached hydrogens (primary N) is 1. The number of hydrogen-bond acceptors (Lipinski definition) is 5. The maximum atomic E-state index is 13.4. The van der Waals surface area contributed by atoms with Crippen molar-refractivity contribution in [3.8, 4) is 0 Å². The molecule has 20 heavy (non-hydrogen) atoms. The third-order valence-electron chi connectivity index (χ3n) is 3.07. The minimum Gasteiger partial charge on any atom is -0.399 e. The second kappa shape index (κ2) is 5.76. The molecule has 2 rings (SSSR count). The van der Waals surface area contributed by atoms with E-state index in [0.717, 1.165) is 0 Å². The largest absolute Gasteiger partial charge is 0.399 e. The normalized spacial score (nSPS) is 18.6. The van der Waals surface area contributed by atoms with Crippen LogP contribution in [0.15, 0.2) is 18.2 Å². The number of halogens is 1. The standard InChI is InChI=1S/C12H16FN3O3S/c13-10-2-1-9(14)7-11(10)15-12(17)8-16-3-5-20(18,19)6-4-16/h1-2,7H,3-6,8,14H2,(H,15,17). The molecule has 6 nitrogen and oxygen atoms in total. The van der Waals surface area contributed by atoms with E-state index in [-0.39, 0.29) is 23.7 Å². The topological polar surface area (TPSA) is 92.5 Å². The molecule has 1 fully saturated rings. The number of carbonyl (C=O) groups is 1. The smallest absolute Gasteiger partial charge is 0.238 e. The minimum atomic E-state index is -2.97. The number of anilines is 2. The first-order chi connectivity index (χ1) is 9.35. The number of rotatable bonds is 3. The van der Waals surface area contributed by atoms with E-state index < -0.39 is 21.6 Å². The SMILES string of the molecule is Nc1ccc(F)c(NC(=O)CN2CCS(=O)(=O)CC2)c1. The van der Waals surface area contributed by atoms with Crippen molar-refractivity contribution in [3.05, 3.63) is 24.0 Å². The Hall–Kier alpha value is -1.67. The number of benzene rings is 1. The van der Waals surface area contributed by atoms with Gasteiger partial charge < -0.3 is 11.1 Å². The fourth-order valence-electron chi connectivity index (χ4n) is 1.94. The van der Waals surface area contributed by atoms with Crippen LogP contribution >= 0.6 is 0 Å². The van der Waals surface area contributed by atoms with E-state index in [0.29, 0.717) is 18.8 Å². The van der Waals surface area contributed by atoms with Crippen LogP contribution in [0.2, 0.25) is 0 Å². The predicted molar refractivity (Wildman–Crippen MR) is 74.5 cm³/mol. The quantitative estimate of drug-likeness (QED) is 0.771. The second-order valence-electron chi connectivity index (χ2n) is 4.72. The van der Waals surface area contributed by atoms with Crippen LogP contribution in [-0.4, -0.2) is 50.4 Å². The van der Waals surface area contributed by atoms with Crippen molar-refractivity contribution in [3.63, 3.8) is 0 Å². The molecule has 0 spiro atoms. The number of nitrogen functional groups attached to an aromatic ring is 1. The Balaban J connectivity index is 1.91. The number of nitrogens with one attached hydrogen (secondary N) is 1. The van der Waals surface area contributed by atoms with Gasteiger partial charge in [-0.1, -0.05) is 0 Å². The first-order valence-electron chi connectivity index (χ1n) is 6.13. The molecular weight excluding hydrogens is 285 g/mol. The van der Waals surface area contributed by atoms with Crippen LogP contribution in [0.5, 0.6) is 0 Å². The molecule has 1 heterocycles. The molecule has 1 aliphatic rings. The molecule has 0 aliphatic carbocycles. The van der Waals surface area contributed by atoms with Crippen LogP contribution in [0, 0.1) is 5.82 Å². The summed E-state index contributed by atoms with van der Waals surface area (Å²) >= 11 is 0. The van der Waals surface area contributed by atoms with E-state index >= 15 is 0 Å². The van der Waals surface area contributed by atoms with Gasteiger partial charge in [-0.25, -0.2) is 12.8 Å². The second-order valence-corrected chi connectivity index (χ2v) is 7.02. The molecular formula is C12H16FN3O3S. The molecule has 110 valence electrons. The van der Waals surface area contributed by atoms with Gasteiger partial charge in [-0.3, -0.25) is 9.69 Å². The van der Waals surface area contributed by atoms with Crippen LogP contribution in [0.25, 0.3) is 0 Å². The molecule has 8 heteroatoms. The van der Waals surface area contributed by atoms with Crippen molar-refractivity contribution in [2.24, 2.45) is 0 Å². The van der Waals surface area contributed by atoms with Gasteiger partial charge in [-0.15, -0.1) is 0 Å². The fraction of sp³-hybridized carbons (Fsp3) is 0.417. The van der Waals surface area contributed by atoms with Crippen LogP contribution in [-0.2, 0) is 14.6 Å². The molecule has 0 radical (unpaired) electrons. The summed E-state index contributed by atoms with van der Waals surface area (Å²) in [5, 5.41) is 2.43. The zero-order chi connectivity index (χ0) is 14.8. The lowest BCUT2D eigenvalue weighted by atomic mass is 10.2. The highest BCUT2D eigenvalue weighted by Crippen LogP contribution is 2.17. The molecule has 0 atom stereocenters. The summed E-state index contributed by atoms with van der Waals surface area (Å²) in [6.45, 7) is 0.661. The fourth-order valence-corrected chi connectivity index (χ4v) is 3.22. The molecule has 0 saturated carbocycles. The monoisotopic (exact) mass is 301 g/mol. The van der Waals surface area contributed by atoms with E-state index in [4.69, 9.17) is 5.73 Å². The summed E-state index contributed by atoms with van der Waals surface area (Å²) in [5.41, 5.74) is 5.90. The van der Waals surface area contributed by atoms with Crippen molar-refractivity contribution >= 4 is 27.1 Å². The Morgan fingerprint density at radius 3 is 2.65 bits per heavy atom. The molecule has 1 aliphatic heterocycles. The molecule has 0 aromatic heterocycles. The lowest BCUT2D eigenvalue weighted by molar-refractivity contribution is -0.117. The number of amides is 1. The van der Waals surface area contributed by atoms with Crippen molar-refractivity contribution in [1.29, 1.82) is 0 Å². The number of sulfone groups is 1. The van der Waals surface area contributed by atoms with Gasteiger partial charge in [0.25, 0.3) is 0 Å². The molecule has 1 saturated heterocycles. The van der Waals surface area contributed by atoms with E-state index in [2.05, 4.69) is 5.32 Å². The molecule has 0 unspecified atom stereocenters. The summed E-state index contributed by atoms with van der Waals surface area (Å²) < 4.78 is 36.0. The van der Waals surface area contributed by atoms with Gasteiger partial charge >= 0.3 is 0 Å². The molecule has 0 bridgehead atoms. The summed E-state index contributed by atoms with van der Waals surface area (Å²) in [6, 6.07) is 3.92. The Morgan fingerprint density at radius 2 is 2.00 bits per heavy atom. The average molecular weight is 301 g/mol. The predicted octanol–water partition coefficient (Wildman–Crippen LogP) is 0.0768. The maximum absolute atomic E-state index is 13.4. The summed E-state index contributed by atoms with van der Waals surface area (Å²) in [7, 11) is -2.97. The van der Waals surface area contributed by atoms with Gasteiger partial charge in [0.05, 0.1) is 23.7 Å². The third-order valence-corrected chi connectivity index (χ3v) is 4.68. The number of hydrogen-bond donors (Lipinski definition) is 2. The zero-order valence-corrected chi connectivity index (χ0v) is 11.6. The van der Waals surface area contributed by atoms with Crippen molar-refractivity contribution in [2.75, 3.05) is 42.2 Å². The van der Waals surface area contributed by atoms with Crippen LogP contribution in [0.1, 0.15) is 0 Å². The molecule has 1 aromatic rings. The molecule has 1 amide bonds. The van der Waals surface area contributed by atoms with Gasteiger partial charge in [-0.2, -0.15) is 0 Å². The molecule has 1 aromatic carbocycles. The maximum Gasteiger partial charge on any atom is 0.238 e. The Morgan fingerprint density at radius 1 is 1.35 bits per heavy atom. The van der Waals surface area contributed by atoms with Gasteiger partial charge in [0.15, 0.2) is 9.84 Å². The Bertz CT molecular complexity index is 604. The highest BCUT2D eigenvalue weighted by Gasteiger charge is 2.23. The highest BCUT2D eigenvalue weighted by molar-refractivity contribution is 7.91. The minimum absolute atomic E-state index is 0.0274. The number of carbonyl (C=O) groups excluding carboxylic acids is 1. The highest BCUT2D eigenvalue weighted by atomic mass is 32.2. The van der Waals surface area contributed by atoms with Gasteiger partial charge in [0.1, 0.15) is 5.82 Å². The van der Waals surface area contributed by atoms with E-state index in [1.165, 1.54) is 18.2 Å². The van der Waals surface area contributed by atoms with Crippen LogP contribution in [0.4, 0.5) is 15.8 Å². The zero-order valence-electron chi connectivity index (χ0n) is 10.8. The third kappa shape index (κ3) is 3.91. The van der Waals surface area contributed by atoms with Crippen LogP contribution < -0.4 is 11.1 Å². The lowest BCUT2D eigenvalue weighted by Crippen LogP contribution is -2.43. The van der Waals surface area contributed by atoms with E-state index in [1.807, 2.05) is 0 Å². The molecule has 3 N–H and O–H groups in total. The van der Waals surface area contributed by atoms with Gasteiger partial charge in [0.2, 0.25) is 5.91 Å².